The predicted molar refractivity (Wildman–Crippen MR) is 69.2 cm³/mol. The van der Waals surface area contributed by atoms with Crippen LogP contribution in [0.3, 0.4) is 0 Å². The SMILES string of the molecule is CC(=O)NC(CN1CC(C)CC(C)C1C)C(=O)O. The monoisotopic (exact) mass is 256 g/mol. The second kappa shape index (κ2) is 6.18. The maximum atomic E-state index is 11.1. The fourth-order valence-corrected chi connectivity index (χ4v) is 2.74. The number of nitrogens with zero attached hydrogens (tertiary/aromatic N) is 1. The number of likely N-dealkylation sites (tertiary alicyclic amines) is 1. The first-order valence-corrected chi connectivity index (χ1v) is 6.55. The Kier molecular flexibility index (Phi) is 5.14. The van der Waals surface area contributed by atoms with Gasteiger partial charge in [-0.15, -0.1) is 0 Å². The van der Waals surface area contributed by atoms with E-state index in [2.05, 4.69) is 31.0 Å². The maximum absolute atomic E-state index is 11.1. The molecular weight excluding hydrogens is 232 g/mol. The van der Waals surface area contributed by atoms with Gasteiger partial charge in [-0.2, -0.15) is 0 Å². The highest BCUT2D eigenvalue weighted by atomic mass is 16.4. The minimum absolute atomic E-state index is 0.298. The molecule has 0 spiro atoms. The smallest absolute Gasteiger partial charge is 0.327 e. The summed E-state index contributed by atoms with van der Waals surface area (Å²) in [6, 6.07) is -0.459. The third-order valence-corrected chi connectivity index (χ3v) is 3.81. The lowest BCUT2D eigenvalue weighted by Crippen LogP contribution is -2.54. The van der Waals surface area contributed by atoms with Crippen molar-refractivity contribution in [3.63, 3.8) is 0 Å². The van der Waals surface area contributed by atoms with Gasteiger partial charge in [-0.05, 0) is 25.2 Å². The van der Waals surface area contributed by atoms with Crippen molar-refractivity contribution in [2.75, 3.05) is 13.1 Å². The van der Waals surface area contributed by atoms with Crippen LogP contribution in [0.25, 0.3) is 0 Å². The van der Waals surface area contributed by atoms with Crippen LogP contribution in [0.5, 0.6) is 0 Å². The molecule has 1 rings (SSSR count). The van der Waals surface area contributed by atoms with E-state index < -0.39 is 12.0 Å². The minimum Gasteiger partial charge on any atom is -0.480 e. The molecule has 0 radical (unpaired) electrons. The molecule has 1 fully saturated rings. The summed E-state index contributed by atoms with van der Waals surface area (Å²) in [5, 5.41) is 11.6. The van der Waals surface area contributed by atoms with Crippen molar-refractivity contribution in [1.82, 2.24) is 10.2 Å². The Morgan fingerprint density at radius 2 is 2.00 bits per heavy atom. The lowest BCUT2D eigenvalue weighted by Gasteiger charge is -2.42. The number of carboxylic acid groups (broad SMARTS) is 1. The zero-order valence-electron chi connectivity index (χ0n) is 11.6. The van der Waals surface area contributed by atoms with Crippen molar-refractivity contribution in [3.8, 4) is 0 Å². The van der Waals surface area contributed by atoms with Gasteiger partial charge in [0.25, 0.3) is 0 Å². The Labute approximate surface area is 109 Å². The number of piperidine rings is 1. The van der Waals surface area contributed by atoms with E-state index in [4.69, 9.17) is 5.11 Å². The first-order valence-electron chi connectivity index (χ1n) is 6.55. The summed E-state index contributed by atoms with van der Waals surface area (Å²) in [5.74, 6) is -0.139. The second-order valence-corrected chi connectivity index (χ2v) is 5.60. The summed E-state index contributed by atoms with van der Waals surface area (Å²) >= 11 is 0. The molecule has 1 saturated heterocycles. The summed E-state index contributed by atoms with van der Waals surface area (Å²) in [4.78, 5) is 24.3. The zero-order valence-corrected chi connectivity index (χ0v) is 11.6. The molecule has 4 unspecified atom stereocenters. The number of hydrogen-bond acceptors (Lipinski definition) is 3. The van der Waals surface area contributed by atoms with Gasteiger partial charge < -0.3 is 10.4 Å². The second-order valence-electron chi connectivity index (χ2n) is 5.60. The van der Waals surface area contributed by atoms with Crippen molar-refractivity contribution in [2.24, 2.45) is 11.8 Å². The summed E-state index contributed by atoms with van der Waals surface area (Å²) in [5.41, 5.74) is 0. The molecule has 2 N–H and O–H groups in total. The van der Waals surface area contributed by atoms with Gasteiger partial charge in [-0.25, -0.2) is 4.79 Å². The number of carboxylic acids is 1. The molecule has 0 aromatic carbocycles. The van der Waals surface area contributed by atoms with Gasteiger partial charge in [-0.1, -0.05) is 13.8 Å². The summed E-state index contributed by atoms with van der Waals surface area (Å²) < 4.78 is 0. The van der Waals surface area contributed by atoms with Crippen LogP contribution in [-0.2, 0) is 9.59 Å². The van der Waals surface area contributed by atoms with Crippen LogP contribution in [0.1, 0.15) is 34.1 Å². The number of carbonyl (C=O) groups excluding carboxylic acids is 1. The molecule has 0 bridgehead atoms. The Hall–Kier alpha value is -1.10. The Bertz CT molecular complexity index is 319. The highest BCUT2D eigenvalue weighted by Crippen LogP contribution is 2.26. The lowest BCUT2D eigenvalue weighted by molar-refractivity contribution is -0.142. The molecule has 1 heterocycles. The van der Waals surface area contributed by atoms with E-state index >= 15 is 0 Å². The largest absolute Gasteiger partial charge is 0.480 e. The molecule has 5 nitrogen and oxygen atoms in total. The van der Waals surface area contributed by atoms with Crippen molar-refractivity contribution >= 4 is 11.9 Å². The summed E-state index contributed by atoms with van der Waals surface area (Å²) in [7, 11) is 0. The van der Waals surface area contributed by atoms with Gasteiger partial charge in [0, 0.05) is 26.1 Å². The number of hydrogen-bond donors (Lipinski definition) is 2. The quantitative estimate of drug-likeness (QED) is 0.785. The molecule has 18 heavy (non-hydrogen) atoms. The number of amides is 1. The number of aliphatic carboxylic acids is 1. The van der Waals surface area contributed by atoms with E-state index in [9.17, 15) is 9.59 Å². The van der Waals surface area contributed by atoms with Gasteiger partial charge >= 0.3 is 5.97 Å². The molecule has 4 atom stereocenters. The first kappa shape index (κ1) is 15.0. The number of rotatable bonds is 4. The molecule has 5 heteroatoms. The summed E-state index contributed by atoms with van der Waals surface area (Å²) in [6.07, 6.45) is 1.18. The topological polar surface area (TPSA) is 69.6 Å². The molecule has 0 saturated carbocycles. The standard InChI is InChI=1S/C13H24N2O3/c1-8-5-9(2)10(3)15(6-8)7-12(13(17)18)14-11(4)16/h8-10,12H,5-7H2,1-4H3,(H,14,16)(H,17,18). The van der Waals surface area contributed by atoms with Crippen LogP contribution in [0.15, 0.2) is 0 Å². The molecule has 0 aromatic rings. The van der Waals surface area contributed by atoms with Crippen LogP contribution in [0.4, 0.5) is 0 Å². The minimum atomic E-state index is -0.969. The highest BCUT2D eigenvalue weighted by molar-refractivity contribution is 5.82. The van der Waals surface area contributed by atoms with Crippen molar-refractivity contribution in [2.45, 2.75) is 46.2 Å². The predicted octanol–water partition coefficient (Wildman–Crippen LogP) is 0.942. The Morgan fingerprint density at radius 3 is 2.50 bits per heavy atom. The molecule has 104 valence electrons. The summed E-state index contributed by atoms with van der Waals surface area (Å²) in [6.45, 7) is 9.13. The highest BCUT2D eigenvalue weighted by Gasteiger charge is 2.32. The Morgan fingerprint density at radius 1 is 1.39 bits per heavy atom. The molecule has 0 aromatic heterocycles. The molecule has 1 aliphatic rings. The van der Waals surface area contributed by atoms with Gasteiger partial charge in [0.15, 0.2) is 0 Å². The van der Waals surface area contributed by atoms with Gasteiger partial charge in [0.05, 0.1) is 0 Å². The van der Waals surface area contributed by atoms with Crippen LogP contribution in [0.2, 0.25) is 0 Å². The average molecular weight is 256 g/mol. The fourth-order valence-electron chi connectivity index (χ4n) is 2.74. The normalized spacial score (nSPS) is 30.8. The van der Waals surface area contributed by atoms with Gasteiger partial charge in [0.2, 0.25) is 5.91 Å². The van der Waals surface area contributed by atoms with E-state index in [0.29, 0.717) is 24.4 Å². The van der Waals surface area contributed by atoms with Gasteiger partial charge in [0.1, 0.15) is 6.04 Å². The average Bonchev–Trinajstić information content (AvgIpc) is 2.23. The fraction of sp³-hybridized carbons (Fsp3) is 0.846. The zero-order chi connectivity index (χ0) is 13.9. The van der Waals surface area contributed by atoms with Gasteiger partial charge in [-0.3, -0.25) is 9.69 Å². The molecule has 1 aliphatic heterocycles. The molecular formula is C13H24N2O3. The van der Waals surface area contributed by atoms with Crippen LogP contribution in [0, 0.1) is 11.8 Å². The van der Waals surface area contributed by atoms with E-state index in [0.717, 1.165) is 6.54 Å². The first-order chi connectivity index (χ1) is 8.31. The molecule has 1 amide bonds. The van der Waals surface area contributed by atoms with E-state index in [-0.39, 0.29) is 5.91 Å². The Balaban J connectivity index is 2.67. The van der Waals surface area contributed by atoms with Crippen molar-refractivity contribution in [3.05, 3.63) is 0 Å². The van der Waals surface area contributed by atoms with E-state index in [1.165, 1.54) is 13.3 Å². The van der Waals surface area contributed by atoms with Crippen LogP contribution >= 0.6 is 0 Å². The lowest BCUT2D eigenvalue weighted by atomic mass is 9.86. The van der Waals surface area contributed by atoms with E-state index in [1.54, 1.807) is 0 Å². The maximum Gasteiger partial charge on any atom is 0.327 e. The van der Waals surface area contributed by atoms with Crippen molar-refractivity contribution in [1.29, 1.82) is 0 Å². The molecule has 0 aliphatic carbocycles. The third kappa shape index (κ3) is 3.98. The van der Waals surface area contributed by atoms with E-state index in [1.807, 2.05) is 0 Å². The van der Waals surface area contributed by atoms with Crippen LogP contribution in [-0.4, -0.2) is 47.1 Å². The number of carbonyl (C=O) groups is 2. The number of nitrogens with one attached hydrogen (secondary N) is 1. The third-order valence-electron chi connectivity index (χ3n) is 3.81. The van der Waals surface area contributed by atoms with Crippen LogP contribution < -0.4 is 5.32 Å². The van der Waals surface area contributed by atoms with Crippen molar-refractivity contribution < 1.29 is 14.7 Å².